The number of rotatable bonds is 7. The topological polar surface area (TPSA) is 27.1 Å². The van der Waals surface area contributed by atoms with Gasteiger partial charge in [0.05, 0.1) is 25.6 Å². The number of hydrogen-bond donors (Lipinski definition) is 0. The third-order valence-corrected chi connectivity index (χ3v) is 4.00. The highest BCUT2D eigenvalue weighted by Gasteiger charge is 2.12. The highest BCUT2D eigenvalue weighted by atomic mass is 35.5. The van der Waals surface area contributed by atoms with Gasteiger partial charge in [0.2, 0.25) is 0 Å². The van der Waals surface area contributed by atoms with Gasteiger partial charge in [-0.15, -0.1) is 0 Å². The maximum absolute atomic E-state index is 5.96. The standard InChI is InChI=1S/C19H19ClN2O/c20-18-8-6-16(7-9-18)12-19(22-11-10-21-15-22)14-23-13-17-4-2-1-3-5-17/h1-11,15,19H,12-14H2. The molecule has 0 aliphatic heterocycles. The summed E-state index contributed by atoms with van der Waals surface area (Å²) in [6.07, 6.45) is 6.49. The number of aromatic nitrogens is 2. The van der Waals surface area contributed by atoms with Gasteiger partial charge in [0.1, 0.15) is 0 Å². The van der Waals surface area contributed by atoms with Crippen LogP contribution in [0.2, 0.25) is 5.02 Å². The van der Waals surface area contributed by atoms with Crippen LogP contribution in [0, 0.1) is 0 Å². The lowest BCUT2D eigenvalue weighted by molar-refractivity contribution is 0.0897. The summed E-state index contributed by atoms with van der Waals surface area (Å²) in [7, 11) is 0. The number of hydrogen-bond acceptors (Lipinski definition) is 2. The molecule has 0 spiro atoms. The van der Waals surface area contributed by atoms with Gasteiger partial charge in [-0.3, -0.25) is 0 Å². The summed E-state index contributed by atoms with van der Waals surface area (Å²) in [5.74, 6) is 0. The number of ether oxygens (including phenoxy) is 1. The predicted molar refractivity (Wildman–Crippen MR) is 92.5 cm³/mol. The Morgan fingerprint density at radius 1 is 1.00 bits per heavy atom. The molecule has 0 fully saturated rings. The molecule has 0 bridgehead atoms. The van der Waals surface area contributed by atoms with Crippen molar-refractivity contribution in [2.75, 3.05) is 6.61 Å². The van der Waals surface area contributed by atoms with E-state index in [4.69, 9.17) is 16.3 Å². The molecule has 0 saturated carbocycles. The first-order valence-electron chi connectivity index (χ1n) is 7.65. The van der Waals surface area contributed by atoms with Crippen molar-refractivity contribution < 1.29 is 4.74 Å². The van der Waals surface area contributed by atoms with E-state index in [0.717, 1.165) is 11.4 Å². The average Bonchev–Trinajstić information content (AvgIpc) is 3.11. The van der Waals surface area contributed by atoms with Crippen LogP contribution in [-0.4, -0.2) is 16.2 Å². The molecule has 3 aromatic rings. The first-order valence-corrected chi connectivity index (χ1v) is 8.02. The zero-order chi connectivity index (χ0) is 15.9. The molecule has 0 aliphatic carbocycles. The Kier molecular flexibility index (Phi) is 5.46. The molecule has 1 unspecified atom stereocenters. The van der Waals surface area contributed by atoms with Gasteiger partial charge in [-0.25, -0.2) is 4.98 Å². The maximum atomic E-state index is 5.96. The molecule has 3 nitrogen and oxygen atoms in total. The Morgan fingerprint density at radius 3 is 2.48 bits per heavy atom. The SMILES string of the molecule is Clc1ccc(CC(COCc2ccccc2)n2ccnc2)cc1. The fourth-order valence-electron chi connectivity index (χ4n) is 2.52. The van der Waals surface area contributed by atoms with E-state index in [2.05, 4.69) is 33.8 Å². The Labute approximate surface area is 141 Å². The minimum atomic E-state index is 0.211. The summed E-state index contributed by atoms with van der Waals surface area (Å²) >= 11 is 5.96. The lowest BCUT2D eigenvalue weighted by Gasteiger charge is -2.19. The molecule has 0 N–H and O–H groups in total. The van der Waals surface area contributed by atoms with E-state index in [1.807, 2.05) is 42.9 Å². The third kappa shape index (κ3) is 4.68. The second-order valence-corrected chi connectivity index (χ2v) is 5.93. The predicted octanol–water partition coefficient (Wildman–Crippen LogP) is 4.54. The summed E-state index contributed by atoms with van der Waals surface area (Å²) in [6.45, 7) is 1.25. The smallest absolute Gasteiger partial charge is 0.0949 e. The van der Waals surface area contributed by atoms with Crippen LogP contribution in [0.4, 0.5) is 0 Å². The molecule has 4 heteroatoms. The van der Waals surface area contributed by atoms with Crippen molar-refractivity contribution >= 4 is 11.6 Å². The van der Waals surface area contributed by atoms with Crippen molar-refractivity contribution in [1.82, 2.24) is 9.55 Å². The van der Waals surface area contributed by atoms with Crippen molar-refractivity contribution in [3.63, 3.8) is 0 Å². The van der Waals surface area contributed by atoms with E-state index in [1.165, 1.54) is 11.1 Å². The van der Waals surface area contributed by atoms with Gasteiger partial charge in [0, 0.05) is 17.4 Å². The van der Waals surface area contributed by atoms with E-state index in [9.17, 15) is 0 Å². The summed E-state index contributed by atoms with van der Waals surface area (Å²) in [5, 5.41) is 0.758. The lowest BCUT2D eigenvalue weighted by atomic mass is 10.1. The van der Waals surface area contributed by atoms with Crippen molar-refractivity contribution in [3.8, 4) is 0 Å². The molecular formula is C19H19ClN2O. The molecule has 3 rings (SSSR count). The minimum absolute atomic E-state index is 0.211. The Balaban J connectivity index is 1.63. The van der Waals surface area contributed by atoms with Crippen molar-refractivity contribution in [3.05, 3.63) is 89.5 Å². The molecular weight excluding hydrogens is 308 g/mol. The molecule has 0 amide bonds. The summed E-state index contributed by atoms with van der Waals surface area (Å²) in [6, 6.07) is 18.4. The average molecular weight is 327 g/mol. The molecule has 23 heavy (non-hydrogen) atoms. The Bertz CT molecular complexity index is 696. The normalized spacial score (nSPS) is 12.2. The van der Waals surface area contributed by atoms with Gasteiger partial charge in [-0.2, -0.15) is 0 Å². The first kappa shape index (κ1) is 15.8. The number of halogens is 1. The second-order valence-electron chi connectivity index (χ2n) is 5.50. The Morgan fingerprint density at radius 2 is 1.78 bits per heavy atom. The van der Waals surface area contributed by atoms with Crippen molar-refractivity contribution in [1.29, 1.82) is 0 Å². The maximum Gasteiger partial charge on any atom is 0.0949 e. The van der Waals surface area contributed by atoms with E-state index in [1.54, 1.807) is 6.20 Å². The van der Waals surface area contributed by atoms with Gasteiger partial charge in [-0.05, 0) is 29.7 Å². The summed E-state index contributed by atoms with van der Waals surface area (Å²) in [5.41, 5.74) is 2.42. The van der Waals surface area contributed by atoms with Crippen LogP contribution in [0.1, 0.15) is 17.2 Å². The molecule has 0 saturated heterocycles. The van der Waals surface area contributed by atoms with Crippen LogP contribution in [0.5, 0.6) is 0 Å². The highest BCUT2D eigenvalue weighted by Crippen LogP contribution is 2.18. The van der Waals surface area contributed by atoms with Gasteiger partial charge in [0.15, 0.2) is 0 Å². The van der Waals surface area contributed by atoms with Crippen LogP contribution in [0.15, 0.2) is 73.3 Å². The number of nitrogens with zero attached hydrogens (tertiary/aromatic N) is 2. The van der Waals surface area contributed by atoms with Crippen LogP contribution >= 0.6 is 11.6 Å². The van der Waals surface area contributed by atoms with E-state index in [0.29, 0.717) is 13.2 Å². The van der Waals surface area contributed by atoms with Crippen LogP contribution in [-0.2, 0) is 17.8 Å². The lowest BCUT2D eigenvalue weighted by Crippen LogP contribution is -2.17. The first-order chi connectivity index (χ1) is 11.3. The molecule has 0 aliphatic rings. The molecule has 0 radical (unpaired) electrons. The van der Waals surface area contributed by atoms with Crippen molar-refractivity contribution in [2.45, 2.75) is 19.1 Å². The van der Waals surface area contributed by atoms with Crippen LogP contribution in [0.25, 0.3) is 0 Å². The van der Waals surface area contributed by atoms with Crippen LogP contribution < -0.4 is 0 Å². The minimum Gasteiger partial charge on any atom is -0.375 e. The van der Waals surface area contributed by atoms with E-state index >= 15 is 0 Å². The molecule has 1 heterocycles. The van der Waals surface area contributed by atoms with E-state index < -0.39 is 0 Å². The monoisotopic (exact) mass is 326 g/mol. The fourth-order valence-corrected chi connectivity index (χ4v) is 2.64. The molecule has 2 aromatic carbocycles. The van der Waals surface area contributed by atoms with Gasteiger partial charge < -0.3 is 9.30 Å². The summed E-state index contributed by atoms with van der Waals surface area (Å²) in [4.78, 5) is 4.15. The van der Waals surface area contributed by atoms with Crippen molar-refractivity contribution in [2.24, 2.45) is 0 Å². The summed E-state index contributed by atoms with van der Waals surface area (Å²) < 4.78 is 8.02. The molecule has 1 atom stereocenters. The number of imidazole rings is 1. The van der Waals surface area contributed by atoms with E-state index in [-0.39, 0.29) is 6.04 Å². The molecule has 118 valence electrons. The van der Waals surface area contributed by atoms with Gasteiger partial charge >= 0.3 is 0 Å². The largest absolute Gasteiger partial charge is 0.375 e. The fraction of sp³-hybridized carbons (Fsp3) is 0.211. The van der Waals surface area contributed by atoms with Gasteiger partial charge in [-0.1, -0.05) is 54.1 Å². The highest BCUT2D eigenvalue weighted by molar-refractivity contribution is 6.30. The van der Waals surface area contributed by atoms with Gasteiger partial charge in [0.25, 0.3) is 0 Å². The Hall–Kier alpha value is -2.10. The number of benzene rings is 2. The quantitative estimate of drug-likeness (QED) is 0.637. The zero-order valence-electron chi connectivity index (χ0n) is 12.8. The third-order valence-electron chi connectivity index (χ3n) is 3.75. The second kappa shape index (κ2) is 7.95. The van der Waals surface area contributed by atoms with Crippen LogP contribution in [0.3, 0.4) is 0 Å². The zero-order valence-corrected chi connectivity index (χ0v) is 13.6. The molecule has 1 aromatic heterocycles.